The molecule has 1 aliphatic rings. The van der Waals surface area contributed by atoms with Gasteiger partial charge in [0.2, 0.25) is 5.91 Å². The van der Waals surface area contributed by atoms with Gasteiger partial charge in [0.25, 0.3) is 0 Å². The average molecular weight is 186 g/mol. The summed E-state index contributed by atoms with van der Waals surface area (Å²) in [5.74, 6) is -0.247. The van der Waals surface area contributed by atoms with Crippen molar-refractivity contribution >= 4 is 11.9 Å². The van der Waals surface area contributed by atoms with Gasteiger partial charge in [0.05, 0.1) is 26.2 Å². The van der Waals surface area contributed by atoms with Crippen LogP contribution in [0.15, 0.2) is 0 Å². The molecule has 1 amide bonds. The van der Waals surface area contributed by atoms with Crippen LogP contribution in [-0.2, 0) is 14.3 Å². The molecule has 0 radical (unpaired) electrons. The number of hydrogen-bond donors (Lipinski definition) is 1. The molecule has 5 nitrogen and oxygen atoms in total. The molecule has 0 spiro atoms. The van der Waals surface area contributed by atoms with E-state index in [1.807, 2.05) is 6.92 Å². The molecule has 0 aromatic rings. The molecule has 1 heterocycles. The van der Waals surface area contributed by atoms with Crippen molar-refractivity contribution in [2.45, 2.75) is 19.5 Å². The summed E-state index contributed by atoms with van der Waals surface area (Å²) >= 11 is 0. The molecular formula is C8H14N2O3. The highest BCUT2D eigenvalue weighted by atomic mass is 16.5. The van der Waals surface area contributed by atoms with Crippen molar-refractivity contribution in [3.63, 3.8) is 0 Å². The molecule has 0 saturated carbocycles. The Labute approximate surface area is 77.0 Å². The Morgan fingerprint density at radius 1 is 1.77 bits per heavy atom. The summed E-state index contributed by atoms with van der Waals surface area (Å²) in [5.41, 5.74) is 0. The van der Waals surface area contributed by atoms with Crippen molar-refractivity contribution in [3.05, 3.63) is 0 Å². The highest BCUT2D eigenvalue weighted by Crippen LogP contribution is 2.04. The van der Waals surface area contributed by atoms with Crippen LogP contribution in [-0.4, -0.2) is 43.1 Å². The number of rotatable bonds is 3. The fourth-order valence-corrected chi connectivity index (χ4v) is 1.29. The number of esters is 1. The molecular weight excluding hydrogens is 172 g/mol. The number of carbonyl (C=O) groups excluding carboxylic acids is 2. The molecule has 1 saturated heterocycles. The highest BCUT2D eigenvalue weighted by molar-refractivity contribution is 5.81. The van der Waals surface area contributed by atoms with Gasteiger partial charge in [-0.25, -0.2) is 0 Å². The van der Waals surface area contributed by atoms with E-state index in [1.54, 1.807) is 4.90 Å². The van der Waals surface area contributed by atoms with E-state index in [-0.39, 0.29) is 24.5 Å². The van der Waals surface area contributed by atoms with E-state index >= 15 is 0 Å². The Bertz CT molecular complexity index is 217. The smallest absolute Gasteiger partial charge is 0.307 e. The van der Waals surface area contributed by atoms with E-state index in [2.05, 4.69) is 10.1 Å². The van der Waals surface area contributed by atoms with Crippen LogP contribution >= 0.6 is 0 Å². The van der Waals surface area contributed by atoms with E-state index in [1.165, 1.54) is 7.11 Å². The summed E-state index contributed by atoms with van der Waals surface area (Å²) in [6.45, 7) is 2.68. The second kappa shape index (κ2) is 4.23. The maximum Gasteiger partial charge on any atom is 0.307 e. The third kappa shape index (κ3) is 2.42. The third-order valence-electron chi connectivity index (χ3n) is 2.12. The zero-order valence-corrected chi connectivity index (χ0v) is 7.87. The Morgan fingerprint density at radius 2 is 2.46 bits per heavy atom. The van der Waals surface area contributed by atoms with Gasteiger partial charge >= 0.3 is 5.97 Å². The van der Waals surface area contributed by atoms with Crippen LogP contribution < -0.4 is 5.32 Å². The van der Waals surface area contributed by atoms with Crippen molar-refractivity contribution in [2.24, 2.45) is 0 Å². The normalized spacial score (nSPS) is 22.2. The van der Waals surface area contributed by atoms with Gasteiger partial charge in [-0.2, -0.15) is 0 Å². The highest BCUT2D eigenvalue weighted by Gasteiger charge is 2.26. The molecule has 0 bridgehead atoms. The topological polar surface area (TPSA) is 58.6 Å². The van der Waals surface area contributed by atoms with Crippen LogP contribution in [0.3, 0.4) is 0 Å². The molecule has 1 unspecified atom stereocenters. The molecule has 1 fully saturated rings. The van der Waals surface area contributed by atoms with E-state index in [4.69, 9.17) is 0 Å². The minimum absolute atomic E-state index is 0.0251. The summed E-state index contributed by atoms with van der Waals surface area (Å²) in [5, 5.41) is 2.99. The molecule has 0 aromatic heterocycles. The van der Waals surface area contributed by atoms with E-state index in [0.717, 1.165) is 0 Å². The first-order valence-corrected chi connectivity index (χ1v) is 4.25. The summed E-state index contributed by atoms with van der Waals surface area (Å²) in [6.07, 6.45) is 0.283. The molecule has 1 rings (SSSR count). The standard InChI is InChI=1S/C8H14N2O3/c1-6-9-5-7(11)10(6)4-3-8(12)13-2/h6,9H,3-5H2,1-2H3. The molecule has 1 aliphatic heterocycles. The lowest BCUT2D eigenvalue weighted by Crippen LogP contribution is -2.36. The average Bonchev–Trinajstić information content (AvgIpc) is 2.43. The van der Waals surface area contributed by atoms with Gasteiger partial charge in [-0.3, -0.25) is 14.9 Å². The van der Waals surface area contributed by atoms with Crippen molar-refractivity contribution in [1.29, 1.82) is 0 Å². The summed E-state index contributed by atoms with van der Waals surface area (Å²) < 4.78 is 4.48. The molecule has 1 N–H and O–H groups in total. The molecule has 0 aromatic carbocycles. The van der Waals surface area contributed by atoms with Gasteiger partial charge in [-0.1, -0.05) is 0 Å². The van der Waals surface area contributed by atoms with E-state index in [0.29, 0.717) is 13.1 Å². The van der Waals surface area contributed by atoms with Crippen molar-refractivity contribution in [3.8, 4) is 0 Å². The first-order chi connectivity index (χ1) is 6.15. The minimum atomic E-state index is -0.285. The maximum atomic E-state index is 11.2. The number of hydrogen-bond acceptors (Lipinski definition) is 4. The first-order valence-electron chi connectivity index (χ1n) is 4.25. The fourth-order valence-electron chi connectivity index (χ4n) is 1.29. The summed E-state index contributed by atoms with van der Waals surface area (Å²) in [6, 6.07) is 0. The van der Waals surface area contributed by atoms with Gasteiger partial charge in [-0.15, -0.1) is 0 Å². The summed E-state index contributed by atoms with van der Waals surface area (Å²) in [7, 11) is 1.34. The number of nitrogens with zero attached hydrogens (tertiary/aromatic N) is 1. The Morgan fingerprint density at radius 3 is 2.92 bits per heavy atom. The van der Waals surface area contributed by atoms with Gasteiger partial charge < -0.3 is 9.64 Å². The predicted molar refractivity (Wildman–Crippen MR) is 45.8 cm³/mol. The lowest BCUT2D eigenvalue weighted by Gasteiger charge is -2.19. The third-order valence-corrected chi connectivity index (χ3v) is 2.12. The van der Waals surface area contributed by atoms with E-state index in [9.17, 15) is 9.59 Å². The zero-order valence-electron chi connectivity index (χ0n) is 7.87. The molecule has 1 atom stereocenters. The molecule has 13 heavy (non-hydrogen) atoms. The van der Waals surface area contributed by atoms with E-state index < -0.39 is 0 Å². The Hall–Kier alpha value is -1.10. The molecule has 5 heteroatoms. The van der Waals surface area contributed by atoms with Gasteiger partial charge in [-0.05, 0) is 6.92 Å². The maximum absolute atomic E-state index is 11.2. The lowest BCUT2D eigenvalue weighted by molar-refractivity contribution is -0.141. The van der Waals surface area contributed by atoms with Crippen LogP contribution in [0.25, 0.3) is 0 Å². The van der Waals surface area contributed by atoms with Crippen molar-refractivity contribution in [1.82, 2.24) is 10.2 Å². The second-order valence-corrected chi connectivity index (χ2v) is 2.97. The SMILES string of the molecule is COC(=O)CCN1C(=O)CNC1C. The summed E-state index contributed by atoms with van der Waals surface area (Å²) in [4.78, 5) is 23.6. The van der Waals surface area contributed by atoms with Crippen LogP contribution in [0, 0.1) is 0 Å². The van der Waals surface area contributed by atoms with Crippen LogP contribution in [0.2, 0.25) is 0 Å². The first kappa shape index (κ1) is 9.98. The Balaban J connectivity index is 2.35. The monoisotopic (exact) mass is 186 g/mol. The van der Waals surface area contributed by atoms with Crippen molar-refractivity contribution < 1.29 is 14.3 Å². The second-order valence-electron chi connectivity index (χ2n) is 2.97. The zero-order chi connectivity index (χ0) is 9.84. The predicted octanol–water partition coefficient (Wildman–Crippen LogP) is -0.673. The van der Waals surface area contributed by atoms with Crippen molar-refractivity contribution in [2.75, 3.05) is 20.2 Å². The Kier molecular flexibility index (Phi) is 3.25. The number of carbonyl (C=O) groups is 2. The number of amides is 1. The number of nitrogens with one attached hydrogen (secondary N) is 1. The molecule has 0 aliphatic carbocycles. The lowest BCUT2D eigenvalue weighted by atomic mass is 10.3. The quantitative estimate of drug-likeness (QED) is 0.594. The number of ether oxygens (including phenoxy) is 1. The minimum Gasteiger partial charge on any atom is -0.469 e. The fraction of sp³-hybridized carbons (Fsp3) is 0.750. The van der Waals surface area contributed by atoms with Gasteiger partial charge in [0.15, 0.2) is 0 Å². The van der Waals surface area contributed by atoms with Crippen LogP contribution in [0.1, 0.15) is 13.3 Å². The molecule has 74 valence electrons. The van der Waals surface area contributed by atoms with Crippen LogP contribution in [0.4, 0.5) is 0 Å². The van der Waals surface area contributed by atoms with Crippen LogP contribution in [0.5, 0.6) is 0 Å². The number of methoxy groups -OCH3 is 1. The van der Waals surface area contributed by atoms with Gasteiger partial charge in [0, 0.05) is 6.54 Å². The largest absolute Gasteiger partial charge is 0.469 e. The van der Waals surface area contributed by atoms with Gasteiger partial charge in [0.1, 0.15) is 0 Å².